The van der Waals surface area contributed by atoms with Crippen molar-refractivity contribution in [3.63, 3.8) is 0 Å². The third kappa shape index (κ3) is 8.43. The van der Waals surface area contributed by atoms with Crippen molar-refractivity contribution in [3.05, 3.63) is 35.4 Å². The summed E-state index contributed by atoms with van der Waals surface area (Å²) in [6, 6.07) is 3.47. The third-order valence-electron chi connectivity index (χ3n) is 3.83. The molecular formula is C19H26F3NO4. The molecule has 0 aliphatic carbocycles. The summed E-state index contributed by atoms with van der Waals surface area (Å²) in [5.41, 5.74) is -0.607. The van der Waals surface area contributed by atoms with E-state index in [4.69, 9.17) is 4.74 Å². The molecule has 27 heavy (non-hydrogen) atoms. The van der Waals surface area contributed by atoms with E-state index in [9.17, 15) is 27.9 Å². The number of carbonyl (C=O) groups is 2. The van der Waals surface area contributed by atoms with Crippen LogP contribution in [-0.2, 0) is 26.9 Å². The number of halogens is 3. The highest BCUT2D eigenvalue weighted by atomic mass is 19.4. The van der Waals surface area contributed by atoms with Crippen LogP contribution in [0.3, 0.4) is 0 Å². The molecule has 2 N–H and O–H groups in total. The quantitative estimate of drug-likeness (QED) is 0.712. The fourth-order valence-corrected chi connectivity index (χ4v) is 2.33. The highest BCUT2D eigenvalue weighted by Gasteiger charge is 2.30. The second-order valence-corrected chi connectivity index (χ2v) is 7.45. The molecule has 5 nitrogen and oxygen atoms in total. The van der Waals surface area contributed by atoms with E-state index in [1.54, 1.807) is 6.92 Å². The molecule has 152 valence electrons. The largest absolute Gasteiger partial charge is 0.480 e. The fourth-order valence-electron chi connectivity index (χ4n) is 2.33. The Labute approximate surface area is 156 Å². The Morgan fingerprint density at radius 3 is 2.15 bits per heavy atom. The van der Waals surface area contributed by atoms with E-state index in [0.717, 1.165) is 12.1 Å². The highest BCUT2D eigenvalue weighted by Crippen LogP contribution is 2.29. The first-order valence-electron chi connectivity index (χ1n) is 8.63. The molecule has 1 rings (SSSR count). The van der Waals surface area contributed by atoms with Crippen LogP contribution in [0.15, 0.2) is 24.3 Å². The Hall–Kier alpha value is -2.09. The smallest absolute Gasteiger partial charge is 0.416 e. The van der Waals surface area contributed by atoms with Gasteiger partial charge < -0.3 is 15.2 Å². The van der Waals surface area contributed by atoms with Gasteiger partial charge >= 0.3 is 12.1 Å². The minimum Gasteiger partial charge on any atom is -0.480 e. The summed E-state index contributed by atoms with van der Waals surface area (Å²) in [5, 5.41) is 11.7. The van der Waals surface area contributed by atoms with E-state index in [2.05, 4.69) is 5.32 Å². The molecule has 0 fully saturated rings. The van der Waals surface area contributed by atoms with Gasteiger partial charge in [-0.3, -0.25) is 4.79 Å². The van der Waals surface area contributed by atoms with Gasteiger partial charge in [0.25, 0.3) is 0 Å². The van der Waals surface area contributed by atoms with Gasteiger partial charge in [-0.05, 0) is 44.9 Å². The van der Waals surface area contributed by atoms with Crippen LogP contribution in [0.5, 0.6) is 0 Å². The van der Waals surface area contributed by atoms with Crippen molar-refractivity contribution >= 4 is 11.9 Å². The first-order valence-corrected chi connectivity index (χ1v) is 8.63. The zero-order valence-electron chi connectivity index (χ0n) is 15.9. The number of ether oxygens (including phenoxy) is 1. The number of alkyl halides is 3. The molecule has 8 heteroatoms. The number of aliphatic carboxylic acids is 1. The van der Waals surface area contributed by atoms with Gasteiger partial charge in [0.1, 0.15) is 6.04 Å². The maximum absolute atomic E-state index is 12.6. The van der Waals surface area contributed by atoms with Crippen molar-refractivity contribution < 1.29 is 32.6 Å². The van der Waals surface area contributed by atoms with Gasteiger partial charge in [-0.1, -0.05) is 19.1 Å². The third-order valence-corrected chi connectivity index (χ3v) is 3.83. The van der Waals surface area contributed by atoms with Gasteiger partial charge in [0.15, 0.2) is 0 Å². The van der Waals surface area contributed by atoms with Gasteiger partial charge in [0, 0.05) is 18.9 Å². The monoisotopic (exact) mass is 389 g/mol. The number of benzene rings is 1. The van der Waals surface area contributed by atoms with Crippen molar-refractivity contribution in [2.75, 3.05) is 6.61 Å². The fraction of sp³-hybridized carbons (Fsp3) is 0.579. The molecule has 0 aliphatic heterocycles. The average Bonchev–Trinajstić information content (AvgIpc) is 2.52. The van der Waals surface area contributed by atoms with Crippen LogP contribution in [0.2, 0.25) is 0 Å². The van der Waals surface area contributed by atoms with Crippen molar-refractivity contribution in [1.29, 1.82) is 0 Å². The molecule has 2 atom stereocenters. The predicted octanol–water partition coefficient (Wildman–Crippen LogP) is 3.66. The molecule has 0 aliphatic rings. The van der Waals surface area contributed by atoms with Crippen molar-refractivity contribution in [3.8, 4) is 0 Å². The van der Waals surface area contributed by atoms with Gasteiger partial charge in [0.05, 0.1) is 11.2 Å². The SMILES string of the molecule is CC(Cc1ccc(C(F)(F)F)cc1)C(=O)NC(CCOC(C)(C)C)C(=O)O. The molecule has 0 bridgehead atoms. The summed E-state index contributed by atoms with van der Waals surface area (Å²) < 4.78 is 43.2. The number of hydrogen-bond acceptors (Lipinski definition) is 3. The molecule has 0 aromatic heterocycles. The lowest BCUT2D eigenvalue weighted by molar-refractivity contribution is -0.143. The van der Waals surface area contributed by atoms with E-state index in [1.165, 1.54) is 12.1 Å². The summed E-state index contributed by atoms with van der Waals surface area (Å²) >= 11 is 0. The van der Waals surface area contributed by atoms with Crippen LogP contribution < -0.4 is 5.32 Å². The van der Waals surface area contributed by atoms with Crippen LogP contribution in [-0.4, -0.2) is 35.2 Å². The first kappa shape index (κ1) is 23.0. The second kappa shape index (κ2) is 9.21. The normalized spacial score (nSPS) is 14.5. The van der Waals surface area contributed by atoms with Gasteiger partial charge in [-0.15, -0.1) is 0 Å². The summed E-state index contributed by atoms with van der Waals surface area (Å²) in [6.07, 6.45) is -4.09. The number of carbonyl (C=O) groups excluding carboxylic acids is 1. The van der Waals surface area contributed by atoms with Crippen LogP contribution in [0, 0.1) is 5.92 Å². The van der Waals surface area contributed by atoms with Crippen LogP contribution >= 0.6 is 0 Å². The lowest BCUT2D eigenvalue weighted by Crippen LogP contribution is -2.44. The number of carboxylic acids is 1. The standard InChI is InChI=1S/C19H26F3NO4/c1-12(11-13-5-7-14(8-6-13)19(20,21)22)16(24)23-15(17(25)26)9-10-27-18(2,3)4/h5-8,12,15H,9-11H2,1-4H3,(H,23,24)(H,25,26). The Balaban J connectivity index is 2.61. The summed E-state index contributed by atoms with van der Waals surface area (Å²) in [5.74, 6) is -2.23. The minimum atomic E-state index is -4.41. The number of hydrogen-bond donors (Lipinski definition) is 2. The molecule has 0 heterocycles. The van der Waals surface area contributed by atoms with Crippen LogP contribution in [0.4, 0.5) is 13.2 Å². The maximum Gasteiger partial charge on any atom is 0.416 e. The lowest BCUT2D eigenvalue weighted by Gasteiger charge is -2.22. The van der Waals surface area contributed by atoms with E-state index in [1.807, 2.05) is 20.8 Å². The molecule has 1 aromatic carbocycles. The summed E-state index contributed by atoms with van der Waals surface area (Å²) in [4.78, 5) is 23.6. The Morgan fingerprint density at radius 2 is 1.70 bits per heavy atom. The molecule has 0 radical (unpaired) electrons. The average molecular weight is 389 g/mol. The maximum atomic E-state index is 12.6. The zero-order chi connectivity index (χ0) is 20.8. The topological polar surface area (TPSA) is 75.6 Å². The molecular weight excluding hydrogens is 363 g/mol. The molecule has 1 aromatic rings. The van der Waals surface area contributed by atoms with Crippen LogP contribution in [0.25, 0.3) is 0 Å². The summed E-state index contributed by atoms with van der Waals surface area (Å²) in [7, 11) is 0. The van der Waals surface area contributed by atoms with E-state index in [-0.39, 0.29) is 19.4 Å². The highest BCUT2D eigenvalue weighted by molar-refractivity contribution is 5.84. The minimum absolute atomic E-state index is 0.116. The molecule has 2 unspecified atom stereocenters. The van der Waals surface area contributed by atoms with Crippen molar-refractivity contribution in [1.82, 2.24) is 5.32 Å². The number of amides is 1. The molecule has 0 saturated heterocycles. The first-order chi connectivity index (χ1) is 12.3. The van der Waals surface area contributed by atoms with Crippen molar-refractivity contribution in [2.45, 2.75) is 58.4 Å². The van der Waals surface area contributed by atoms with Crippen molar-refractivity contribution in [2.24, 2.45) is 5.92 Å². The van der Waals surface area contributed by atoms with E-state index < -0.39 is 41.2 Å². The second-order valence-electron chi connectivity index (χ2n) is 7.45. The Morgan fingerprint density at radius 1 is 1.15 bits per heavy atom. The van der Waals surface area contributed by atoms with Gasteiger partial charge in [-0.2, -0.15) is 13.2 Å². The van der Waals surface area contributed by atoms with Gasteiger partial charge in [-0.25, -0.2) is 4.79 Å². The Kier molecular flexibility index (Phi) is 7.83. The van der Waals surface area contributed by atoms with E-state index in [0.29, 0.717) is 5.56 Å². The summed E-state index contributed by atoms with van der Waals surface area (Å²) in [6.45, 7) is 7.29. The zero-order valence-corrected chi connectivity index (χ0v) is 15.9. The Bertz CT molecular complexity index is 636. The lowest BCUT2D eigenvalue weighted by atomic mass is 9.98. The number of rotatable bonds is 8. The van der Waals surface area contributed by atoms with Gasteiger partial charge in [0.2, 0.25) is 5.91 Å². The molecule has 0 saturated carbocycles. The van der Waals surface area contributed by atoms with Crippen LogP contribution in [0.1, 0.15) is 45.2 Å². The number of carboxylic acid groups (broad SMARTS) is 1. The molecule has 0 spiro atoms. The van der Waals surface area contributed by atoms with E-state index >= 15 is 0 Å². The molecule has 1 amide bonds. The number of nitrogens with one attached hydrogen (secondary N) is 1. The predicted molar refractivity (Wildman–Crippen MR) is 94.2 cm³/mol.